The van der Waals surface area contributed by atoms with E-state index in [-0.39, 0.29) is 49.1 Å². The summed E-state index contributed by atoms with van der Waals surface area (Å²) in [5, 5.41) is 11.3. The summed E-state index contributed by atoms with van der Waals surface area (Å²) in [6, 6.07) is -2.34. The van der Waals surface area contributed by atoms with Gasteiger partial charge in [-0.1, -0.05) is 32.9 Å². The number of aromatic nitrogens is 2. The Kier molecular flexibility index (Phi) is 7.34. The van der Waals surface area contributed by atoms with E-state index in [1.807, 2.05) is 17.5 Å². The monoisotopic (exact) mass is 593 g/mol. The van der Waals surface area contributed by atoms with Crippen LogP contribution in [0.15, 0.2) is 24.4 Å². The minimum atomic E-state index is -5.21. The summed E-state index contributed by atoms with van der Waals surface area (Å²) in [5.74, 6) is -5.65. The molecule has 4 aliphatic rings. The second-order valence-electron chi connectivity index (χ2n) is 12.7. The topological polar surface area (TPSA) is 169 Å². The predicted octanol–water partition coefficient (Wildman–Crippen LogP) is 0.554. The van der Waals surface area contributed by atoms with E-state index in [2.05, 4.69) is 15.7 Å². The minimum Gasteiger partial charge on any atom is -0.368 e. The largest absolute Gasteiger partial charge is 0.471 e. The van der Waals surface area contributed by atoms with Crippen LogP contribution in [0, 0.1) is 35.0 Å². The van der Waals surface area contributed by atoms with Crippen LogP contribution in [0.5, 0.6) is 0 Å². The fraction of sp³-hybridized carbons (Fsp3) is 0.630. The van der Waals surface area contributed by atoms with Gasteiger partial charge in [-0.25, -0.2) is 4.68 Å². The molecule has 8 atom stereocenters. The molecular weight excluding hydrogens is 559 g/mol. The Bertz CT molecular complexity index is 1340. The fourth-order valence-electron chi connectivity index (χ4n) is 6.88. The van der Waals surface area contributed by atoms with Gasteiger partial charge in [-0.15, -0.1) is 0 Å². The molecule has 12 nitrogen and oxygen atoms in total. The first-order valence-electron chi connectivity index (χ1n) is 13.8. The molecule has 1 aromatic heterocycles. The number of nitrogens with one attached hydrogen (secondary N) is 3. The maximum absolute atomic E-state index is 13.9. The molecule has 5 N–H and O–H groups in total. The highest BCUT2D eigenvalue weighted by atomic mass is 19.4. The Morgan fingerprint density at radius 3 is 2.45 bits per heavy atom. The number of carbonyl (C=O) groups is 5. The quantitative estimate of drug-likeness (QED) is 0.337. The third-order valence-corrected chi connectivity index (χ3v) is 8.91. The van der Waals surface area contributed by atoms with Crippen molar-refractivity contribution in [3.63, 3.8) is 0 Å². The number of rotatable bonds is 7. The van der Waals surface area contributed by atoms with E-state index < -0.39 is 59.3 Å². The van der Waals surface area contributed by atoms with Crippen LogP contribution in [0.2, 0.25) is 0 Å². The number of anilines is 1. The molecule has 2 fully saturated rings. The first kappa shape index (κ1) is 29.6. The van der Waals surface area contributed by atoms with Crippen LogP contribution in [0.1, 0.15) is 33.6 Å². The van der Waals surface area contributed by atoms with Crippen molar-refractivity contribution in [2.45, 2.75) is 64.5 Å². The number of fused-ring (bicyclic) bond motifs is 6. The molecule has 3 heterocycles. The van der Waals surface area contributed by atoms with Gasteiger partial charge in [0.1, 0.15) is 23.9 Å². The molecule has 2 bridgehead atoms. The highest BCUT2D eigenvalue weighted by Gasteiger charge is 2.59. The smallest absolute Gasteiger partial charge is 0.368 e. The number of hydrogen-bond acceptors (Lipinski definition) is 6. The highest BCUT2D eigenvalue weighted by molar-refractivity contribution is 5.97. The fourth-order valence-corrected chi connectivity index (χ4v) is 6.88. The van der Waals surface area contributed by atoms with Crippen LogP contribution in [-0.4, -0.2) is 75.1 Å². The maximum atomic E-state index is 13.9. The number of likely N-dealkylation sites (tertiary alicyclic amines) is 1. The first-order chi connectivity index (χ1) is 19.6. The third-order valence-electron chi connectivity index (χ3n) is 8.91. The van der Waals surface area contributed by atoms with Crippen molar-refractivity contribution in [2.24, 2.45) is 40.7 Å². The Morgan fingerprint density at radius 1 is 1.12 bits per heavy atom. The number of primary amides is 1. The van der Waals surface area contributed by atoms with Crippen molar-refractivity contribution in [1.82, 2.24) is 25.3 Å². The molecule has 2 aliphatic carbocycles. The SMILES string of the molecule is CC(C)(C)[C@H](NC(=O)C(F)(F)F)C(=O)N1CC2C3C=CC(C3)C2C1C(=O)N[C@@H](CC1Cn2nccc2NC1=O)C(N)=O. The number of hydrogen-bond donors (Lipinski definition) is 4. The zero-order chi connectivity index (χ0) is 30.7. The molecule has 0 radical (unpaired) electrons. The van der Waals surface area contributed by atoms with Crippen molar-refractivity contribution in [3.05, 3.63) is 24.4 Å². The summed E-state index contributed by atoms with van der Waals surface area (Å²) in [7, 11) is 0. The van der Waals surface area contributed by atoms with Gasteiger partial charge in [0, 0.05) is 12.6 Å². The molecule has 1 saturated carbocycles. The summed E-state index contributed by atoms with van der Waals surface area (Å²) in [6.07, 6.45) is 0.966. The van der Waals surface area contributed by atoms with E-state index in [4.69, 9.17) is 5.73 Å². The lowest BCUT2D eigenvalue weighted by Gasteiger charge is -2.37. The van der Waals surface area contributed by atoms with Crippen LogP contribution in [0.3, 0.4) is 0 Å². The molecule has 5 rings (SSSR count). The number of nitrogens with zero attached hydrogens (tertiary/aromatic N) is 3. The Labute approximate surface area is 239 Å². The van der Waals surface area contributed by atoms with E-state index >= 15 is 0 Å². The Morgan fingerprint density at radius 2 is 1.81 bits per heavy atom. The second-order valence-corrected chi connectivity index (χ2v) is 12.7. The molecule has 1 aromatic rings. The van der Waals surface area contributed by atoms with Gasteiger partial charge in [-0.05, 0) is 41.9 Å². The molecule has 228 valence electrons. The van der Waals surface area contributed by atoms with Crippen LogP contribution >= 0.6 is 0 Å². The van der Waals surface area contributed by atoms with E-state index in [1.165, 1.54) is 31.9 Å². The van der Waals surface area contributed by atoms with Crippen LogP contribution in [-0.2, 0) is 30.5 Å². The maximum Gasteiger partial charge on any atom is 0.471 e. The molecule has 2 aliphatic heterocycles. The van der Waals surface area contributed by atoms with Gasteiger partial charge in [-0.3, -0.25) is 24.0 Å². The molecule has 0 aromatic carbocycles. The van der Waals surface area contributed by atoms with Crippen LogP contribution in [0.4, 0.5) is 19.0 Å². The number of nitrogens with two attached hydrogens (primary N) is 1. The second kappa shape index (κ2) is 10.4. The number of halogens is 3. The van der Waals surface area contributed by atoms with E-state index in [9.17, 15) is 37.1 Å². The van der Waals surface area contributed by atoms with E-state index in [1.54, 1.807) is 10.7 Å². The van der Waals surface area contributed by atoms with Gasteiger partial charge in [-0.2, -0.15) is 18.3 Å². The summed E-state index contributed by atoms with van der Waals surface area (Å²) in [6.45, 7) is 4.83. The van der Waals surface area contributed by atoms with Crippen LogP contribution < -0.4 is 21.7 Å². The number of carbonyl (C=O) groups excluding carboxylic acids is 5. The average Bonchev–Trinajstić information content (AvgIpc) is 3.66. The van der Waals surface area contributed by atoms with Crippen molar-refractivity contribution < 1.29 is 37.1 Å². The minimum absolute atomic E-state index is 0.0409. The molecule has 42 heavy (non-hydrogen) atoms. The van der Waals surface area contributed by atoms with Crippen molar-refractivity contribution in [3.8, 4) is 0 Å². The molecule has 1 saturated heterocycles. The highest BCUT2D eigenvalue weighted by Crippen LogP contribution is 2.54. The van der Waals surface area contributed by atoms with E-state index in [0.717, 1.165) is 6.42 Å². The van der Waals surface area contributed by atoms with Gasteiger partial charge in [0.25, 0.3) is 0 Å². The lowest BCUT2D eigenvalue weighted by molar-refractivity contribution is -0.176. The number of alkyl halides is 3. The predicted molar refractivity (Wildman–Crippen MR) is 141 cm³/mol. The molecule has 6 unspecified atom stereocenters. The van der Waals surface area contributed by atoms with Gasteiger partial charge in [0.2, 0.25) is 23.6 Å². The lowest BCUT2D eigenvalue weighted by atomic mass is 9.81. The summed E-state index contributed by atoms with van der Waals surface area (Å²) in [5.41, 5.74) is 4.51. The van der Waals surface area contributed by atoms with Gasteiger partial charge in [0.05, 0.1) is 18.7 Å². The number of allylic oxidation sites excluding steroid dienone is 2. The zero-order valence-electron chi connectivity index (χ0n) is 23.4. The average molecular weight is 594 g/mol. The number of amides is 5. The molecular formula is C27H34F3N7O5. The molecule has 5 amide bonds. The third kappa shape index (κ3) is 5.36. The van der Waals surface area contributed by atoms with E-state index in [0.29, 0.717) is 5.82 Å². The Balaban J connectivity index is 1.39. The lowest BCUT2D eigenvalue weighted by Crippen LogP contribution is -2.61. The summed E-state index contributed by atoms with van der Waals surface area (Å²) < 4.78 is 41.0. The van der Waals surface area contributed by atoms with Crippen molar-refractivity contribution in [1.29, 1.82) is 0 Å². The Hall–Kier alpha value is -3.91. The normalized spacial score (nSPS) is 29.4. The summed E-state index contributed by atoms with van der Waals surface area (Å²) in [4.78, 5) is 66.0. The van der Waals surface area contributed by atoms with Crippen molar-refractivity contribution in [2.75, 3.05) is 11.9 Å². The first-order valence-corrected chi connectivity index (χ1v) is 13.8. The molecule has 0 spiro atoms. The van der Waals surface area contributed by atoms with Crippen LogP contribution in [0.25, 0.3) is 0 Å². The van der Waals surface area contributed by atoms with Gasteiger partial charge >= 0.3 is 12.1 Å². The van der Waals surface area contributed by atoms with Gasteiger partial charge < -0.3 is 26.6 Å². The van der Waals surface area contributed by atoms with Gasteiger partial charge in [0.15, 0.2) is 0 Å². The van der Waals surface area contributed by atoms with Crippen molar-refractivity contribution >= 4 is 35.4 Å². The standard InChI is InChI=1S/C27H34F3N7O5/c1-26(2,3)20(35-25(42)27(28,29)30)24(41)36-11-15-12-4-5-13(8-12)18(15)19(36)23(40)33-16(21(31)38)9-14-10-37-17(6-7-32-37)34-22(14)39/h4-7,12-16,18-20H,8-11H2,1-3H3,(H2,31,38)(H,33,40)(H,34,39)(H,35,42)/t12?,13?,14?,15?,16-,18?,19?,20+/m0/s1. The zero-order valence-corrected chi connectivity index (χ0v) is 23.4. The molecule has 15 heteroatoms. The summed E-state index contributed by atoms with van der Waals surface area (Å²) >= 11 is 0.